The van der Waals surface area contributed by atoms with E-state index < -0.39 is 17.7 Å². The summed E-state index contributed by atoms with van der Waals surface area (Å²) in [6, 6.07) is 4.56. The second-order valence-corrected chi connectivity index (χ2v) is 4.20. The Bertz CT molecular complexity index is 831. The topological polar surface area (TPSA) is 76.5 Å². The molecule has 0 amide bonds. The smallest absolute Gasteiger partial charge is 0.417 e. The minimum Gasteiger partial charge on any atom is -0.477 e. The molecule has 0 aliphatic heterocycles. The number of benzene rings is 1. The van der Waals surface area contributed by atoms with E-state index in [0.29, 0.717) is 0 Å². The molecule has 21 heavy (non-hydrogen) atoms. The van der Waals surface area contributed by atoms with Gasteiger partial charge in [0.1, 0.15) is 11.1 Å². The van der Waals surface area contributed by atoms with Gasteiger partial charge in [-0.1, -0.05) is 11.2 Å². The number of aromatic nitrogens is 1. The Kier molecular flexibility index (Phi) is 2.75. The third-order valence-corrected chi connectivity index (χ3v) is 2.89. The molecule has 0 spiro atoms. The van der Waals surface area contributed by atoms with Crippen molar-refractivity contribution in [3.05, 3.63) is 41.6 Å². The van der Waals surface area contributed by atoms with Crippen molar-refractivity contribution in [3.63, 3.8) is 0 Å². The van der Waals surface area contributed by atoms with E-state index in [2.05, 4.69) is 5.16 Å². The first kappa shape index (κ1) is 13.2. The van der Waals surface area contributed by atoms with Crippen LogP contribution in [0.4, 0.5) is 13.2 Å². The van der Waals surface area contributed by atoms with E-state index in [0.717, 1.165) is 18.3 Å². The van der Waals surface area contributed by atoms with Crippen LogP contribution in [0.1, 0.15) is 15.9 Å². The summed E-state index contributed by atoms with van der Waals surface area (Å²) in [6.07, 6.45) is -3.59. The summed E-state index contributed by atoms with van der Waals surface area (Å²) in [4.78, 5) is 11.0. The second-order valence-electron chi connectivity index (χ2n) is 4.20. The second kappa shape index (κ2) is 4.37. The van der Waals surface area contributed by atoms with Gasteiger partial charge in [0.15, 0.2) is 5.76 Å². The SMILES string of the molecule is O=C(O)c1cnoc1-c1cc2c(C(F)(F)F)cccc2o1. The van der Waals surface area contributed by atoms with Crippen molar-refractivity contribution >= 4 is 16.9 Å². The summed E-state index contributed by atoms with van der Waals surface area (Å²) in [5.74, 6) is -1.67. The Morgan fingerprint density at radius 2 is 2.05 bits per heavy atom. The van der Waals surface area contributed by atoms with Crippen LogP contribution in [-0.2, 0) is 6.18 Å². The molecule has 0 saturated carbocycles. The number of alkyl halides is 3. The van der Waals surface area contributed by atoms with E-state index in [9.17, 15) is 18.0 Å². The van der Waals surface area contributed by atoms with Gasteiger partial charge in [-0.25, -0.2) is 4.79 Å². The number of carboxylic acid groups (broad SMARTS) is 1. The first-order valence-electron chi connectivity index (χ1n) is 5.66. The molecule has 2 aromatic heterocycles. The van der Waals surface area contributed by atoms with Crippen LogP contribution >= 0.6 is 0 Å². The maximum Gasteiger partial charge on any atom is 0.417 e. The summed E-state index contributed by atoms with van der Waals surface area (Å²) < 4.78 is 48.7. The fourth-order valence-electron chi connectivity index (χ4n) is 1.99. The van der Waals surface area contributed by atoms with E-state index in [1.54, 1.807) is 0 Å². The lowest BCUT2D eigenvalue weighted by Gasteiger charge is -2.06. The van der Waals surface area contributed by atoms with E-state index in [-0.39, 0.29) is 28.1 Å². The average molecular weight is 297 g/mol. The molecule has 108 valence electrons. The Labute approximate surface area is 114 Å². The fraction of sp³-hybridized carbons (Fsp3) is 0.0769. The molecular weight excluding hydrogens is 291 g/mol. The molecule has 3 rings (SSSR count). The lowest BCUT2D eigenvalue weighted by molar-refractivity contribution is -0.136. The van der Waals surface area contributed by atoms with E-state index in [1.165, 1.54) is 12.1 Å². The first-order valence-corrected chi connectivity index (χ1v) is 5.66. The zero-order valence-corrected chi connectivity index (χ0v) is 10.1. The highest BCUT2D eigenvalue weighted by atomic mass is 19.4. The molecule has 8 heteroatoms. The van der Waals surface area contributed by atoms with Crippen LogP contribution in [0.5, 0.6) is 0 Å². The zero-order valence-electron chi connectivity index (χ0n) is 10.1. The maximum atomic E-state index is 12.9. The van der Waals surface area contributed by atoms with Crippen LogP contribution in [0.15, 0.2) is 39.4 Å². The van der Waals surface area contributed by atoms with Crippen LogP contribution in [0.3, 0.4) is 0 Å². The normalized spacial score (nSPS) is 12.0. The molecular formula is C13H6F3NO4. The fourth-order valence-corrected chi connectivity index (χ4v) is 1.99. The van der Waals surface area contributed by atoms with Crippen LogP contribution in [0.2, 0.25) is 0 Å². The first-order chi connectivity index (χ1) is 9.88. The number of hydrogen-bond donors (Lipinski definition) is 1. The molecule has 0 bridgehead atoms. The zero-order chi connectivity index (χ0) is 15.2. The lowest BCUT2D eigenvalue weighted by atomic mass is 10.1. The number of fused-ring (bicyclic) bond motifs is 1. The Balaban J connectivity index is 2.23. The summed E-state index contributed by atoms with van der Waals surface area (Å²) in [5, 5.41) is 12.1. The monoisotopic (exact) mass is 297 g/mol. The predicted molar refractivity (Wildman–Crippen MR) is 63.7 cm³/mol. The van der Waals surface area contributed by atoms with Crippen molar-refractivity contribution < 1.29 is 32.0 Å². The van der Waals surface area contributed by atoms with Crippen molar-refractivity contribution in [1.82, 2.24) is 5.16 Å². The van der Waals surface area contributed by atoms with Crippen LogP contribution in [0.25, 0.3) is 22.5 Å². The Morgan fingerprint density at radius 3 is 2.71 bits per heavy atom. The molecule has 0 aliphatic rings. The van der Waals surface area contributed by atoms with Gasteiger partial charge in [0.2, 0.25) is 5.76 Å². The molecule has 5 nitrogen and oxygen atoms in total. The van der Waals surface area contributed by atoms with E-state index in [4.69, 9.17) is 14.0 Å². The summed E-state index contributed by atoms with van der Waals surface area (Å²) in [6.45, 7) is 0. The predicted octanol–water partition coefficient (Wildman–Crippen LogP) is 3.80. The summed E-state index contributed by atoms with van der Waals surface area (Å²) >= 11 is 0. The highest BCUT2D eigenvalue weighted by Gasteiger charge is 2.33. The Morgan fingerprint density at radius 1 is 1.29 bits per heavy atom. The largest absolute Gasteiger partial charge is 0.477 e. The van der Waals surface area contributed by atoms with Gasteiger partial charge in [-0.3, -0.25) is 0 Å². The molecule has 0 atom stereocenters. The third kappa shape index (κ3) is 2.14. The number of nitrogens with zero attached hydrogens (tertiary/aromatic N) is 1. The minimum atomic E-state index is -4.54. The highest BCUT2D eigenvalue weighted by Crippen LogP contribution is 2.38. The standard InChI is InChI=1S/C13H6F3NO4/c14-13(15,16)8-2-1-3-9-6(8)4-10(20-9)11-7(12(18)19)5-17-21-11/h1-5H,(H,18,19). The molecule has 0 fully saturated rings. The van der Waals surface area contributed by atoms with Crippen molar-refractivity contribution in [1.29, 1.82) is 0 Å². The molecule has 0 unspecified atom stereocenters. The van der Waals surface area contributed by atoms with Crippen molar-refractivity contribution in [3.8, 4) is 11.5 Å². The molecule has 2 heterocycles. The lowest BCUT2D eigenvalue weighted by Crippen LogP contribution is -2.04. The number of carboxylic acids is 1. The quantitative estimate of drug-likeness (QED) is 0.778. The number of carbonyl (C=O) groups is 1. The highest BCUT2D eigenvalue weighted by molar-refractivity contribution is 5.95. The van der Waals surface area contributed by atoms with Gasteiger partial charge in [0, 0.05) is 5.39 Å². The minimum absolute atomic E-state index is 0.0208. The average Bonchev–Trinajstić information content (AvgIpc) is 3.02. The van der Waals surface area contributed by atoms with Gasteiger partial charge < -0.3 is 14.0 Å². The Hall–Kier alpha value is -2.77. The van der Waals surface area contributed by atoms with E-state index in [1.807, 2.05) is 0 Å². The maximum absolute atomic E-state index is 12.9. The molecule has 1 aromatic carbocycles. The van der Waals surface area contributed by atoms with E-state index >= 15 is 0 Å². The van der Waals surface area contributed by atoms with Crippen LogP contribution in [-0.4, -0.2) is 16.2 Å². The number of aromatic carboxylic acids is 1. The van der Waals surface area contributed by atoms with Crippen molar-refractivity contribution in [2.24, 2.45) is 0 Å². The number of hydrogen-bond acceptors (Lipinski definition) is 4. The van der Waals surface area contributed by atoms with Crippen molar-refractivity contribution in [2.75, 3.05) is 0 Å². The van der Waals surface area contributed by atoms with Gasteiger partial charge in [-0.2, -0.15) is 13.2 Å². The molecule has 3 aromatic rings. The number of halogens is 3. The summed E-state index contributed by atoms with van der Waals surface area (Å²) in [5.41, 5.74) is -1.18. The van der Waals surface area contributed by atoms with Gasteiger partial charge in [-0.05, 0) is 18.2 Å². The number of rotatable bonds is 2. The molecule has 1 N–H and O–H groups in total. The van der Waals surface area contributed by atoms with Gasteiger partial charge in [0.25, 0.3) is 0 Å². The number of furan rings is 1. The van der Waals surface area contributed by atoms with Gasteiger partial charge >= 0.3 is 12.1 Å². The molecule has 0 radical (unpaired) electrons. The molecule has 0 saturated heterocycles. The molecule has 0 aliphatic carbocycles. The summed E-state index contributed by atoms with van der Waals surface area (Å²) in [7, 11) is 0. The van der Waals surface area contributed by atoms with Crippen LogP contribution in [0, 0.1) is 0 Å². The van der Waals surface area contributed by atoms with Gasteiger partial charge in [0.05, 0.1) is 11.8 Å². The van der Waals surface area contributed by atoms with Crippen molar-refractivity contribution in [2.45, 2.75) is 6.18 Å². The third-order valence-electron chi connectivity index (χ3n) is 2.89. The van der Waals surface area contributed by atoms with Gasteiger partial charge in [-0.15, -0.1) is 0 Å². The van der Waals surface area contributed by atoms with Crippen LogP contribution < -0.4 is 0 Å².